The maximum absolute atomic E-state index is 15.7. The number of aliphatic hydroxyl groups is 1. The fraction of sp³-hybridized carbons (Fsp3) is 0.521. The van der Waals surface area contributed by atoms with Crippen LogP contribution in [0.3, 0.4) is 0 Å². The summed E-state index contributed by atoms with van der Waals surface area (Å²) in [6.07, 6.45) is 11.8. The summed E-state index contributed by atoms with van der Waals surface area (Å²) in [6, 6.07) is 22.6. The lowest BCUT2D eigenvalue weighted by Crippen LogP contribution is -2.51. The van der Waals surface area contributed by atoms with Gasteiger partial charge < -0.3 is 29.3 Å². The molecular formula is C48H62N6O6Si. The predicted molar refractivity (Wildman–Crippen MR) is 240 cm³/mol. The lowest BCUT2D eigenvalue weighted by molar-refractivity contribution is -0.146. The van der Waals surface area contributed by atoms with Gasteiger partial charge in [0.25, 0.3) is 5.91 Å². The van der Waals surface area contributed by atoms with Crippen molar-refractivity contribution in [2.24, 2.45) is 5.92 Å². The molecule has 8 rings (SSSR count). The number of aromatic nitrogens is 3. The molecule has 0 unspecified atom stereocenters. The van der Waals surface area contributed by atoms with Gasteiger partial charge in [0.15, 0.2) is 5.60 Å². The summed E-state index contributed by atoms with van der Waals surface area (Å²) in [5.41, 5.74) is 3.72. The van der Waals surface area contributed by atoms with E-state index >= 15 is 4.79 Å². The molecule has 5 heterocycles. The Hall–Kier alpha value is -4.85. The number of fused-ring (bicyclic) bond motifs is 2. The van der Waals surface area contributed by atoms with Gasteiger partial charge in [-0.2, -0.15) is 0 Å². The van der Waals surface area contributed by atoms with Crippen molar-refractivity contribution in [3.8, 4) is 5.75 Å². The smallest absolute Gasteiger partial charge is 0.264 e. The first kappa shape index (κ1) is 42.8. The van der Waals surface area contributed by atoms with Gasteiger partial charge in [-0.3, -0.25) is 19.1 Å². The van der Waals surface area contributed by atoms with Crippen LogP contribution in [0.15, 0.2) is 72.9 Å². The molecule has 3 aromatic carbocycles. The van der Waals surface area contributed by atoms with Gasteiger partial charge in [-0.25, -0.2) is 0 Å². The fourth-order valence-corrected chi connectivity index (χ4v) is 14.7. The monoisotopic (exact) mass is 846 g/mol. The van der Waals surface area contributed by atoms with E-state index in [0.717, 1.165) is 97.5 Å². The van der Waals surface area contributed by atoms with E-state index in [0.29, 0.717) is 45.3 Å². The molecule has 0 aliphatic carbocycles. The molecule has 1 N–H and O–H groups in total. The van der Waals surface area contributed by atoms with Gasteiger partial charge in [0, 0.05) is 74.6 Å². The maximum atomic E-state index is 15.7. The fourth-order valence-electron chi connectivity index (χ4n) is 10.7. The first-order valence-corrected chi connectivity index (χ1v) is 25.6. The van der Waals surface area contributed by atoms with Gasteiger partial charge in [-0.15, -0.1) is 5.10 Å². The number of carbonyl (C=O) groups excluding carboxylic acids is 3. The molecule has 61 heavy (non-hydrogen) atoms. The summed E-state index contributed by atoms with van der Waals surface area (Å²) in [5.74, 6) is 0.764. The van der Waals surface area contributed by atoms with Crippen molar-refractivity contribution in [2.75, 3.05) is 41.5 Å². The second-order valence-corrected chi connectivity index (χ2v) is 22.8. The summed E-state index contributed by atoms with van der Waals surface area (Å²) in [7, 11) is -0.748. The largest absolute Gasteiger partial charge is 0.497 e. The quantitative estimate of drug-likeness (QED) is 0.148. The zero-order valence-corrected chi connectivity index (χ0v) is 37.4. The lowest BCUT2D eigenvalue weighted by atomic mass is 9.82. The average molecular weight is 847 g/mol. The van der Waals surface area contributed by atoms with E-state index in [1.807, 2.05) is 74.1 Å². The number of aliphatic hydroxyl groups excluding tert-OH is 1. The lowest BCUT2D eigenvalue weighted by Gasteiger charge is -2.37. The van der Waals surface area contributed by atoms with Crippen molar-refractivity contribution in [3.63, 3.8) is 0 Å². The minimum Gasteiger partial charge on any atom is -0.497 e. The predicted octanol–water partition coefficient (Wildman–Crippen LogP) is 7.27. The van der Waals surface area contributed by atoms with Crippen LogP contribution in [0.25, 0.3) is 0 Å². The highest BCUT2D eigenvalue weighted by molar-refractivity contribution is 6.91. The van der Waals surface area contributed by atoms with Crippen molar-refractivity contribution in [3.05, 3.63) is 89.7 Å². The Bertz CT molecular complexity index is 2190. The van der Waals surface area contributed by atoms with Crippen LogP contribution in [-0.2, 0) is 44.2 Å². The summed E-state index contributed by atoms with van der Waals surface area (Å²) >= 11 is 0. The van der Waals surface area contributed by atoms with Crippen molar-refractivity contribution < 1.29 is 29.0 Å². The molecule has 3 saturated heterocycles. The molecule has 1 spiro atoms. The standard InChI is InChI=1S/C48H62N6O6Si/c1-34-46(61(3,4)40-22-20-39(59-2)21-23-40)43(25-29-51-33-36(26-30-55)49-50-51)60-48(34)41-31-38(53-28-12-8-6-10-14-45(53)57)19-24-42(41)54(47(48)58)32-35-15-17-37(18-16-35)52-27-11-7-5-9-13-44(52)56/h15-24,31,33-34,43,46,55H,5-14,25-30,32H2,1-4H3/t34-,43+,46-,48+/m0/s1. The second kappa shape index (κ2) is 18.2. The molecule has 4 aliphatic rings. The third kappa shape index (κ3) is 8.40. The van der Waals surface area contributed by atoms with E-state index in [2.05, 4.69) is 48.5 Å². The Morgan fingerprint density at radius 3 is 2.13 bits per heavy atom. The molecule has 324 valence electrons. The molecule has 0 bridgehead atoms. The summed E-state index contributed by atoms with van der Waals surface area (Å²) in [4.78, 5) is 48.2. The summed E-state index contributed by atoms with van der Waals surface area (Å²) in [6.45, 7) is 9.19. The molecular weight excluding hydrogens is 785 g/mol. The van der Waals surface area contributed by atoms with Crippen LogP contribution in [0.1, 0.15) is 94.4 Å². The van der Waals surface area contributed by atoms with Crippen molar-refractivity contribution in [1.29, 1.82) is 0 Å². The van der Waals surface area contributed by atoms with Crippen molar-refractivity contribution >= 4 is 48.0 Å². The highest BCUT2D eigenvalue weighted by Gasteiger charge is 2.66. The van der Waals surface area contributed by atoms with E-state index in [4.69, 9.17) is 9.47 Å². The first-order valence-electron chi connectivity index (χ1n) is 22.5. The van der Waals surface area contributed by atoms with Crippen LogP contribution >= 0.6 is 0 Å². The van der Waals surface area contributed by atoms with E-state index in [9.17, 15) is 14.7 Å². The Balaban J connectivity index is 1.19. The molecule has 0 saturated carbocycles. The minimum absolute atomic E-state index is 0.000510. The number of benzene rings is 3. The third-order valence-electron chi connectivity index (χ3n) is 14.0. The Morgan fingerprint density at radius 1 is 0.836 bits per heavy atom. The topological polar surface area (TPSA) is 130 Å². The number of carbonyl (C=O) groups is 3. The number of anilines is 3. The average Bonchev–Trinajstić information content (AvgIpc) is 3.90. The van der Waals surface area contributed by atoms with Crippen LogP contribution < -0.4 is 24.6 Å². The highest BCUT2D eigenvalue weighted by atomic mass is 28.3. The van der Waals surface area contributed by atoms with Gasteiger partial charge in [-0.1, -0.05) is 80.4 Å². The Morgan fingerprint density at radius 2 is 1.48 bits per heavy atom. The first-order chi connectivity index (χ1) is 29.5. The molecule has 13 heteroatoms. The SMILES string of the molecule is COc1ccc([Si](C)(C)[C@@H]2[C@@H](CCn3cc(CCO)nn3)O[C@]3(C(=O)N(Cc4ccc(N5CCCCCCC5=O)cc4)c4ccc(N5CCCCCCC5=O)cc43)[C@H]2C)cc1. The molecule has 0 radical (unpaired) electrons. The van der Waals surface area contributed by atoms with Crippen LogP contribution in [0, 0.1) is 5.92 Å². The summed E-state index contributed by atoms with van der Waals surface area (Å²) in [5, 5.41) is 19.4. The number of amides is 3. The number of ether oxygens (including phenoxy) is 2. The molecule has 4 atom stereocenters. The molecule has 3 amide bonds. The van der Waals surface area contributed by atoms with E-state index in [-0.39, 0.29) is 41.9 Å². The molecule has 3 fully saturated rings. The number of hydrogen-bond donors (Lipinski definition) is 1. The normalized spacial score (nSPS) is 23.9. The van der Waals surface area contributed by atoms with Gasteiger partial charge in [0.1, 0.15) is 5.75 Å². The Labute approximate surface area is 361 Å². The number of rotatable bonds is 12. The van der Waals surface area contributed by atoms with E-state index in [1.54, 1.807) is 7.11 Å². The van der Waals surface area contributed by atoms with Gasteiger partial charge >= 0.3 is 0 Å². The molecule has 12 nitrogen and oxygen atoms in total. The highest BCUT2D eigenvalue weighted by Crippen LogP contribution is 2.60. The number of hydrogen-bond acceptors (Lipinski definition) is 8. The van der Waals surface area contributed by atoms with Gasteiger partial charge in [0.2, 0.25) is 11.8 Å². The van der Waals surface area contributed by atoms with Crippen LogP contribution in [0.5, 0.6) is 5.75 Å². The zero-order valence-electron chi connectivity index (χ0n) is 36.4. The van der Waals surface area contributed by atoms with Crippen molar-refractivity contribution in [2.45, 2.75) is 127 Å². The van der Waals surface area contributed by atoms with Crippen molar-refractivity contribution in [1.82, 2.24) is 15.0 Å². The Kier molecular flexibility index (Phi) is 12.8. The maximum Gasteiger partial charge on any atom is 0.264 e. The third-order valence-corrected chi connectivity index (χ3v) is 18.3. The van der Waals surface area contributed by atoms with Gasteiger partial charge in [0.05, 0.1) is 39.2 Å². The number of methoxy groups -OCH3 is 1. The van der Waals surface area contributed by atoms with Crippen LogP contribution in [0.4, 0.5) is 17.1 Å². The number of nitrogens with zero attached hydrogens (tertiary/aromatic N) is 6. The molecule has 4 aromatic rings. The second-order valence-electron chi connectivity index (χ2n) is 18.1. The van der Waals surface area contributed by atoms with Crippen LogP contribution in [0.2, 0.25) is 18.6 Å². The summed E-state index contributed by atoms with van der Waals surface area (Å²) < 4.78 is 14.8. The molecule has 4 aliphatic heterocycles. The van der Waals surface area contributed by atoms with Gasteiger partial charge in [-0.05, 0) is 85.7 Å². The zero-order chi connectivity index (χ0) is 42.7. The van der Waals surface area contributed by atoms with Crippen LogP contribution in [-0.4, -0.2) is 78.8 Å². The van der Waals surface area contributed by atoms with E-state index in [1.165, 1.54) is 5.19 Å². The number of aryl methyl sites for hydroxylation is 1. The minimum atomic E-state index is -2.43. The van der Waals surface area contributed by atoms with E-state index < -0.39 is 13.7 Å². The molecule has 1 aromatic heterocycles.